The van der Waals surface area contributed by atoms with Gasteiger partial charge in [0.1, 0.15) is 17.0 Å². The molecule has 0 bridgehead atoms. The summed E-state index contributed by atoms with van der Waals surface area (Å²) < 4.78 is 60.4. The van der Waals surface area contributed by atoms with E-state index in [0.29, 0.717) is 6.42 Å². The first-order valence-electron chi connectivity index (χ1n) is 11.7. The molecule has 1 aromatic heterocycles. The molecule has 2 aromatic carbocycles. The molecule has 1 aliphatic rings. The highest BCUT2D eigenvalue weighted by Crippen LogP contribution is 2.57. The van der Waals surface area contributed by atoms with Crippen LogP contribution < -0.4 is 5.56 Å². The molecule has 0 amide bonds. The summed E-state index contributed by atoms with van der Waals surface area (Å²) in [5.41, 5.74) is -3.05. The van der Waals surface area contributed by atoms with Crippen LogP contribution in [0.4, 0.5) is 8.78 Å². The summed E-state index contributed by atoms with van der Waals surface area (Å²) in [6, 6.07) is 10.8. The molecule has 1 fully saturated rings. The molecule has 3 atom stereocenters. The summed E-state index contributed by atoms with van der Waals surface area (Å²) in [5, 5.41) is 10.7. The minimum Gasteiger partial charge on any atom is -0.328 e. The van der Waals surface area contributed by atoms with Crippen molar-refractivity contribution >= 4 is 33.2 Å². The number of sulfonamides is 1. The molecule has 0 saturated carbocycles. The zero-order valence-corrected chi connectivity index (χ0v) is 23.1. The van der Waals surface area contributed by atoms with E-state index in [2.05, 4.69) is 11.1 Å². The van der Waals surface area contributed by atoms with Crippen LogP contribution in [0, 0.1) is 34.3 Å². The molecule has 0 spiro atoms. The quantitative estimate of drug-likeness (QED) is 0.388. The van der Waals surface area contributed by atoms with Gasteiger partial charge in [-0.15, -0.1) is 0 Å². The van der Waals surface area contributed by atoms with Crippen LogP contribution >= 0.6 is 23.2 Å². The second-order valence-corrected chi connectivity index (χ2v) is 13.3. The second-order valence-electron chi connectivity index (χ2n) is 10.6. The van der Waals surface area contributed by atoms with E-state index in [1.807, 2.05) is 20.8 Å². The van der Waals surface area contributed by atoms with Crippen LogP contribution in [0.3, 0.4) is 0 Å². The largest absolute Gasteiger partial charge is 0.328 e. The van der Waals surface area contributed by atoms with Crippen LogP contribution in [0.25, 0.3) is 0 Å². The van der Waals surface area contributed by atoms with Gasteiger partial charge in [-0.2, -0.15) is 9.57 Å². The Labute approximate surface area is 229 Å². The summed E-state index contributed by atoms with van der Waals surface area (Å²) in [6.07, 6.45) is 1.34. The second kappa shape index (κ2) is 10.1. The van der Waals surface area contributed by atoms with Crippen LogP contribution in [-0.4, -0.2) is 24.3 Å². The maximum atomic E-state index is 15.7. The van der Waals surface area contributed by atoms with E-state index in [9.17, 15) is 18.5 Å². The van der Waals surface area contributed by atoms with E-state index in [1.165, 1.54) is 30.3 Å². The van der Waals surface area contributed by atoms with E-state index in [1.54, 1.807) is 0 Å². The molecule has 200 valence electrons. The fourth-order valence-electron chi connectivity index (χ4n) is 5.35. The number of H-pyrrole nitrogens is 1. The Morgan fingerprint density at radius 2 is 1.87 bits per heavy atom. The Bertz CT molecular complexity index is 1580. The Morgan fingerprint density at radius 3 is 2.45 bits per heavy atom. The van der Waals surface area contributed by atoms with Gasteiger partial charge in [0.05, 0.1) is 22.0 Å². The lowest BCUT2D eigenvalue weighted by atomic mass is 9.63. The highest BCUT2D eigenvalue weighted by Gasteiger charge is 2.61. The Hall–Kier alpha value is -2.77. The van der Waals surface area contributed by atoms with Crippen molar-refractivity contribution in [2.24, 2.45) is 11.3 Å². The van der Waals surface area contributed by atoms with Crippen molar-refractivity contribution in [3.8, 4) is 6.07 Å². The lowest BCUT2D eigenvalue weighted by Gasteiger charge is -2.38. The van der Waals surface area contributed by atoms with E-state index < -0.39 is 50.0 Å². The highest BCUT2D eigenvalue weighted by atomic mass is 35.5. The van der Waals surface area contributed by atoms with Gasteiger partial charge in [0.15, 0.2) is 0 Å². The number of pyridine rings is 1. The van der Waals surface area contributed by atoms with Gasteiger partial charge in [0, 0.05) is 35.0 Å². The van der Waals surface area contributed by atoms with Gasteiger partial charge >= 0.3 is 0 Å². The lowest BCUT2D eigenvalue weighted by Crippen LogP contribution is -2.41. The molecule has 3 aromatic rings. The molecule has 0 aliphatic carbocycles. The van der Waals surface area contributed by atoms with Gasteiger partial charge < -0.3 is 4.98 Å². The minimum absolute atomic E-state index is 0.0907. The van der Waals surface area contributed by atoms with Crippen molar-refractivity contribution in [1.29, 1.82) is 5.26 Å². The molecule has 38 heavy (non-hydrogen) atoms. The van der Waals surface area contributed by atoms with Crippen molar-refractivity contribution < 1.29 is 17.2 Å². The standard InChI is InChI=1S/C27H25Cl2F2N3O3S/c1-26(2,3)12-16-14-34(38(36,37)18-8-10-23(35)33-13-18)25(19-5-4-6-21(29)24(19)31)27(16,15-32)20-9-7-17(28)11-22(20)30/h4-11,13,16,25H,12,14H2,1-3H3,(H,33,35). The van der Waals surface area contributed by atoms with Crippen LogP contribution in [0.15, 0.2) is 64.4 Å². The number of nitrogens with one attached hydrogen (secondary N) is 1. The molecule has 2 heterocycles. The fraction of sp³-hybridized carbons (Fsp3) is 0.333. The number of nitriles is 1. The number of rotatable bonds is 5. The Morgan fingerprint density at radius 1 is 1.16 bits per heavy atom. The third kappa shape index (κ3) is 4.87. The molecule has 6 nitrogen and oxygen atoms in total. The molecule has 4 rings (SSSR count). The molecule has 1 aliphatic heterocycles. The van der Waals surface area contributed by atoms with E-state index in [4.69, 9.17) is 23.2 Å². The third-order valence-electron chi connectivity index (χ3n) is 6.82. The summed E-state index contributed by atoms with van der Waals surface area (Å²) in [5.74, 6) is -2.48. The van der Waals surface area contributed by atoms with Crippen molar-refractivity contribution in [2.75, 3.05) is 6.54 Å². The minimum atomic E-state index is -4.43. The number of halogens is 4. The molecule has 3 unspecified atom stereocenters. The number of aromatic amines is 1. The zero-order chi connectivity index (χ0) is 28.0. The predicted molar refractivity (Wildman–Crippen MR) is 141 cm³/mol. The van der Waals surface area contributed by atoms with Gasteiger partial charge in [-0.25, -0.2) is 17.2 Å². The van der Waals surface area contributed by atoms with Gasteiger partial charge in [0.2, 0.25) is 15.6 Å². The Kier molecular flexibility index (Phi) is 7.49. The zero-order valence-electron chi connectivity index (χ0n) is 20.8. The number of aromatic nitrogens is 1. The maximum absolute atomic E-state index is 15.7. The SMILES string of the molecule is CC(C)(C)CC1CN(S(=O)(=O)c2ccc(=O)[nH]c2)C(c2cccc(Cl)c2F)C1(C#N)c1ccc(Cl)cc1F. The van der Waals surface area contributed by atoms with Crippen LogP contribution in [0.2, 0.25) is 10.0 Å². The highest BCUT2D eigenvalue weighted by molar-refractivity contribution is 7.89. The summed E-state index contributed by atoms with van der Waals surface area (Å²) in [7, 11) is -4.43. The van der Waals surface area contributed by atoms with Crippen molar-refractivity contribution in [1.82, 2.24) is 9.29 Å². The number of nitrogens with zero attached hydrogens (tertiary/aromatic N) is 2. The Balaban J connectivity index is 2.10. The first-order chi connectivity index (χ1) is 17.7. The number of benzene rings is 2. The third-order valence-corrected chi connectivity index (χ3v) is 9.18. The first-order valence-corrected chi connectivity index (χ1v) is 13.9. The van der Waals surface area contributed by atoms with E-state index in [-0.39, 0.29) is 32.6 Å². The van der Waals surface area contributed by atoms with Gasteiger partial charge in [-0.3, -0.25) is 4.79 Å². The smallest absolute Gasteiger partial charge is 0.247 e. The maximum Gasteiger partial charge on any atom is 0.247 e. The predicted octanol–water partition coefficient (Wildman–Crippen LogP) is 6.22. The van der Waals surface area contributed by atoms with Gasteiger partial charge in [0.25, 0.3) is 0 Å². The summed E-state index contributed by atoms with van der Waals surface area (Å²) >= 11 is 12.1. The monoisotopic (exact) mass is 579 g/mol. The van der Waals surface area contributed by atoms with E-state index >= 15 is 8.78 Å². The van der Waals surface area contributed by atoms with Crippen LogP contribution in [0.1, 0.15) is 44.4 Å². The van der Waals surface area contributed by atoms with Gasteiger partial charge in [-0.05, 0) is 42.0 Å². The molecular formula is C27H25Cl2F2N3O3S. The summed E-state index contributed by atoms with van der Waals surface area (Å²) in [4.78, 5) is 13.7. The molecule has 11 heteroatoms. The average Bonchev–Trinajstić information content (AvgIpc) is 3.15. The topological polar surface area (TPSA) is 94.0 Å². The van der Waals surface area contributed by atoms with Gasteiger partial charge in [-0.1, -0.05) is 62.2 Å². The van der Waals surface area contributed by atoms with Crippen LogP contribution in [-0.2, 0) is 15.4 Å². The number of hydrogen-bond acceptors (Lipinski definition) is 4. The van der Waals surface area contributed by atoms with Crippen molar-refractivity contribution in [3.63, 3.8) is 0 Å². The normalized spacial score (nSPS) is 22.4. The number of hydrogen-bond donors (Lipinski definition) is 1. The van der Waals surface area contributed by atoms with Crippen molar-refractivity contribution in [3.05, 3.63) is 97.9 Å². The van der Waals surface area contributed by atoms with Crippen LogP contribution in [0.5, 0.6) is 0 Å². The molecule has 0 radical (unpaired) electrons. The van der Waals surface area contributed by atoms with Crippen molar-refractivity contribution in [2.45, 2.75) is 43.5 Å². The fourth-order valence-corrected chi connectivity index (χ4v) is 7.34. The molecule has 1 saturated heterocycles. The molecule has 1 N–H and O–H groups in total. The summed E-state index contributed by atoms with van der Waals surface area (Å²) in [6.45, 7) is 5.54. The lowest BCUT2D eigenvalue weighted by molar-refractivity contribution is 0.245. The molecular weight excluding hydrogens is 555 g/mol. The van der Waals surface area contributed by atoms with E-state index in [0.717, 1.165) is 28.7 Å². The first kappa shape index (κ1) is 28.2. The average molecular weight is 580 g/mol.